The number of imide groups is 2. The fourth-order valence-corrected chi connectivity index (χ4v) is 9.36. The van der Waals surface area contributed by atoms with Crippen molar-refractivity contribution in [3.8, 4) is 5.75 Å². The Morgan fingerprint density at radius 1 is 0.950 bits per heavy atom. The zero-order valence-corrected chi connectivity index (χ0v) is 34.1. The van der Waals surface area contributed by atoms with Crippen molar-refractivity contribution in [2.75, 3.05) is 43.9 Å². The van der Waals surface area contributed by atoms with E-state index in [1.807, 2.05) is 23.9 Å². The van der Waals surface area contributed by atoms with Gasteiger partial charge in [0.25, 0.3) is 23.6 Å². The molecule has 8 rings (SSSR count). The van der Waals surface area contributed by atoms with E-state index < -0.39 is 47.2 Å². The van der Waals surface area contributed by atoms with Crippen molar-refractivity contribution in [2.24, 2.45) is 11.8 Å². The quantitative estimate of drug-likeness (QED) is 0.135. The third-order valence-corrected chi connectivity index (χ3v) is 12.6. The number of pyridine rings is 1. The lowest BCUT2D eigenvalue weighted by Gasteiger charge is -2.36. The van der Waals surface area contributed by atoms with Gasteiger partial charge in [0.1, 0.15) is 23.2 Å². The Morgan fingerprint density at radius 2 is 1.70 bits per heavy atom. The lowest BCUT2D eigenvalue weighted by atomic mass is 9.85. The van der Waals surface area contributed by atoms with Crippen molar-refractivity contribution in [1.82, 2.24) is 29.9 Å². The second-order valence-electron chi connectivity index (χ2n) is 16.7. The average Bonchev–Trinajstić information content (AvgIpc) is 3.77. The van der Waals surface area contributed by atoms with Crippen LogP contribution in [0.25, 0.3) is 10.9 Å². The summed E-state index contributed by atoms with van der Waals surface area (Å²) in [6.45, 7) is 6.44. The number of likely N-dealkylation sites (tertiary alicyclic amines) is 1. The molecule has 0 bridgehead atoms. The topological polar surface area (TPSA) is 168 Å². The number of aromatic nitrogens is 3. The lowest BCUT2D eigenvalue weighted by molar-refractivity contribution is -0.136. The maximum Gasteiger partial charge on any atom is 0.287 e. The molecule has 1 unspecified atom stereocenters. The zero-order chi connectivity index (χ0) is 42.3. The minimum absolute atomic E-state index is 0.0795. The molecule has 3 fully saturated rings. The molecule has 5 amide bonds. The minimum atomic E-state index is -3.17. The Kier molecular flexibility index (Phi) is 11.4. The molecule has 4 aliphatic rings. The fourth-order valence-electron chi connectivity index (χ4n) is 9.36. The standard InChI is InChI=1S/C44H50F2N8O6/c1-25-38-28(22-33(39(25)60-3)49-40(56)32-8-5-9-35(48-32)44(2,45)46)24-53(51-38)29-12-10-27(11-13-29)23-52-20-17-26(18-21-52)16-19-47-31-7-4-6-30-37(31)43(59)54(42(30)58)34-14-15-36(55)50-41(34)57/h4-9,22,24,26-27,29,34,47H,10-21,23H2,1-3H3,(H,49,56)(H,50,55,57). The Bertz CT molecular complexity index is 2340. The molecular weight excluding hydrogens is 775 g/mol. The van der Waals surface area contributed by atoms with E-state index >= 15 is 0 Å². The molecule has 3 aliphatic heterocycles. The number of hydrogen-bond donors (Lipinski definition) is 3. The number of benzene rings is 2. The van der Waals surface area contributed by atoms with Crippen molar-refractivity contribution in [3.05, 3.63) is 76.7 Å². The second kappa shape index (κ2) is 16.7. The molecule has 1 atom stereocenters. The molecule has 16 heteroatoms. The first-order valence-corrected chi connectivity index (χ1v) is 20.8. The molecule has 60 heavy (non-hydrogen) atoms. The van der Waals surface area contributed by atoms with Gasteiger partial charge in [-0.15, -0.1) is 0 Å². The van der Waals surface area contributed by atoms with Gasteiger partial charge in [0, 0.05) is 49.3 Å². The van der Waals surface area contributed by atoms with Gasteiger partial charge < -0.3 is 20.3 Å². The number of carbonyl (C=O) groups excluding carboxylic acids is 5. The van der Waals surface area contributed by atoms with Crippen LogP contribution in [0.3, 0.4) is 0 Å². The smallest absolute Gasteiger partial charge is 0.287 e. The molecule has 0 radical (unpaired) electrons. The fraction of sp³-hybridized carbons (Fsp3) is 0.477. The SMILES string of the molecule is COc1c(NC(=O)c2cccc(C(C)(F)F)n2)cc2cn(C3CCC(CN4CCC(CCNc5cccc6c5C(=O)N(C5CCC(=O)NC5=O)C6=O)CC4)CC3)nc2c1C. The number of hydrogen-bond acceptors (Lipinski definition) is 10. The van der Waals surface area contributed by atoms with Gasteiger partial charge in [-0.05, 0) is 114 Å². The van der Waals surface area contributed by atoms with Crippen LogP contribution in [0.4, 0.5) is 20.2 Å². The van der Waals surface area contributed by atoms with Gasteiger partial charge in [-0.3, -0.25) is 38.9 Å². The van der Waals surface area contributed by atoms with E-state index in [0.29, 0.717) is 35.5 Å². The monoisotopic (exact) mass is 824 g/mol. The molecule has 5 heterocycles. The number of ether oxygens (including phenoxy) is 1. The average molecular weight is 825 g/mol. The van der Waals surface area contributed by atoms with Crippen LogP contribution in [0.5, 0.6) is 5.75 Å². The lowest BCUT2D eigenvalue weighted by Crippen LogP contribution is -2.54. The van der Waals surface area contributed by atoms with Crippen LogP contribution in [0.1, 0.15) is 113 Å². The van der Waals surface area contributed by atoms with Crippen molar-refractivity contribution in [3.63, 3.8) is 0 Å². The molecule has 2 aromatic carbocycles. The number of alkyl halides is 2. The van der Waals surface area contributed by atoms with Gasteiger partial charge in [0.05, 0.1) is 35.5 Å². The van der Waals surface area contributed by atoms with Gasteiger partial charge >= 0.3 is 0 Å². The Morgan fingerprint density at radius 3 is 2.42 bits per heavy atom. The van der Waals surface area contributed by atoms with Gasteiger partial charge in [0.15, 0.2) is 0 Å². The van der Waals surface area contributed by atoms with Crippen molar-refractivity contribution < 1.29 is 37.5 Å². The van der Waals surface area contributed by atoms with Crippen LogP contribution in [0, 0.1) is 18.8 Å². The number of methoxy groups -OCH3 is 1. The molecular formula is C44H50F2N8O6. The summed E-state index contributed by atoms with van der Waals surface area (Å²) >= 11 is 0. The maximum atomic E-state index is 13.9. The van der Waals surface area contributed by atoms with Crippen LogP contribution in [0.15, 0.2) is 48.7 Å². The molecule has 0 spiro atoms. The number of amides is 5. The van der Waals surface area contributed by atoms with Gasteiger partial charge in [0.2, 0.25) is 11.8 Å². The Balaban J connectivity index is 0.805. The number of nitrogens with one attached hydrogen (secondary N) is 3. The van der Waals surface area contributed by atoms with Crippen LogP contribution in [-0.2, 0) is 15.5 Å². The summed E-state index contributed by atoms with van der Waals surface area (Å²) in [6, 6.07) is 10.2. The molecule has 1 aliphatic carbocycles. The zero-order valence-electron chi connectivity index (χ0n) is 34.1. The first kappa shape index (κ1) is 41.0. The normalized spacial score (nSPS) is 21.6. The summed E-state index contributed by atoms with van der Waals surface area (Å²) in [4.78, 5) is 71.3. The van der Waals surface area contributed by atoms with Gasteiger partial charge in [-0.25, -0.2) is 4.98 Å². The van der Waals surface area contributed by atoms with E-state index in [9.17, 15) is 32.8 Å². The van der Waals surface area contributed by atoms with Gasteiger partial charge in [-0.1, -0.05) is 12.1 Å². The first-order valence-electron chi connectivity index (χ1n) is 20.8. The third-order valence-electron chi connectivity index (χ3n) is 12.6. The number of aryl methyl sites for hydroxylation is 1. The van der Waals surface area contributed by atoms with Crippen molar-refractivity contribution in [2.45, 2.75) is 89.6 Å². The van der Waals surface area contributed by atoms with E-state index in [4.69, 9.17) is 9.84 Å². The molecule has 1 saturated carbocycles. The predicted molar refractivity (Wildman–Crippen MR) is 219 cm³/mol. The second-order valence-corrected chi connectivity index (χ2v) is 16.7. The van der Waals surface area contributed by atoms with Crippen molar-refractivity contribution >= 4 is 51.8 Å². The number of nitrogens with zero attached hydrogens (tertiary/aromatic N) is 5. The van der Waals surface area contributed by atoms with Crippen LogP contribution in [-0.4, -0.2) is 93.4 Å². The van der Waals surface area contributed by atoms with E-state index in [1.54, 1.807) is 18.2 Å². The highest BCUT2D eigenvalue weighted by atomic mass is 19.3. The summed E-state index contributed by atoms with van der Waals surface area (Å²) in [5, 5.41) is 14.3. The molecule has 2 aromatic heterocycles. The number of rotatable bonds is 12. The van der Waals surface area contributed by atoms with E-state index in [-0.39, 0.29) is 35.7 Å². The minimum Gasteiger partial charge on any atom is -0.494 e. The third kappa shape index (κ3) is 8.21. The largest absolute Gasteiger partial charge is 0.494 e. The summed E-state index contributed by atoms with van der Waals surface area (Å²) in [7, 11) is 1.52. The highest BCUT2D eigenvalue weighted by molar-refractivity contribution is 6.25. The molecule has 2 saturated heterocycles. The highest BCUT2D eigenvalue weighted by Gasteiger charge is 2.45. The number of halogens is 2. The summed E-state index contributed by atoms with van der Waals surface area (Å²) in [5.74, 6) is -4.22. The molecule has 14 nitrogen and oxygen atoms in total. The van der Waals surface area contributed by atoms with Crippen molar-refractivity contribution in [1.29, 1.82) is 0 Å². The first-order chi connectivity index (χ1) is 28.8. The predicted octanol–water partition coefficient (Wildman–Crippen LogP) is 6.46. The van der Waals surface area contributed by atoms with E-state index in [2.05, 4.69) is 25.8 Å². The van der Waals surface area contributed by atoms with Crippen LogP contribution < -0.4 is 20.7 Å². The summed E-state index contributed by atoms with van der Waals surface area (Å²) < 4.78 is 35.5. The maximum absolute atomic E-state index is 13.9. The number of piperidine rings is 2. The van der Waals surface area contributed by atoms with E-state index in [1.165, 1.54) is 25.3 Å². The molecule has 4 aromatic rings. The van der Waals surface area contributed by atoms with Crippen LogP contribution >= 0.6 is 0 Å². The summed E-state index contributed by atoms with van der Waals surface area (Å²) in [5.41, 5.74) is 2.52. The Labute approximate surface area is 346 Å². The Hall–Kier alpha value is -5.77. The highest BCUT2D eigenvalue weighted by Crippen LogP contribution is 2.39. The van der Waals surface area contributed by atoms with Gasteiger partial charge in [-0.2, -0.15) is 13.9 Å². The molecule has 316 valence electrons. The number of anilines is 2. The summed E-state index contributed by atoms with van der Waals surface area (Å²) in [6.07, 6.45) is 9.54. The van der Waals surface area contributed by atoms with Crippen LogP contribution in [0.2, 0.25) is 0 Å². The number of fused-ring (bicyclic) bond motifs is 2. The number of carbonyl (C=O) groups is 5. The molecule has 3 N–H and O–H groups in total. The van der Waals surface area contributed by atoms with E-state index in [0.717, 1.165) is 92.9 Å².